The van der Waals surface area contributed by atoms with Gasteiger partial charge in [-0.1, -0.05) is 12.8 Å². The van der Waals surface area contributed by atoms with Crippen LogP contribution in [0.2, 0.25) is 0 Å². The molecule has 0 bridgehead atoms. The molecule has 0 aromatic carbocycles. The quantitative estimate of drug-likeness (QED) is 0.600. The topological polar surface area (TPSA) is 38.9 Å². The highest BCUT2D eigenvalue weighted by atomic mass is 35.5. The van der Waals surface area contributed by atoms with E-state index < -0.39 is 0 Å². The first-order valence-electron chi connectivity index (χ1n) is 6.03. The van der Waals surface area contributed by atoms with Crippen LogP contribution in [-0.2, 0) is 0 Å². The fourth-order valence-electron chi connectivity index (χ4n) is 2.68. The number of hydrogen-bond acceptors (Lipinski definition) is 2. The number of alkyl halides is 1. The molecule has 1 aliphatic carbocycles. The van der Waals surface area contributed by atoms with E-state index in [4.69, 9.17) is 17.3 Å². The molecule has 3 heteroatoms. The van der Waals surface area contributed by atoms with Crippen molar-refractivity contribution >= 4 is 17.4 Å². The van der Waals surface area contributed by atoms with Crippen LogP contribution in [0.4, 0.5) is 5.82 Å². The summed E-state index contributed by atoms with van der Waals surface area (Å²) in [5, 5.41) is 0.298. The van der Waals surface area contributed by atoms with E-state index in [0.717, 1.165) is 12.8 Å². The molecule has 88 valence electrons. The van der Waals surface area contributed by atoms with Gasteiger partial charge in [-0.05, 0) is 43.7 Å². The third kappa shape index (κ3) is 2.49. The molecule has 2 rings (SSSR count). The van der Waals surface area contributed by atoms with Crippen LogP contribution >= 0.6 is 11.6 Å². The third-order valence-electron chi connectivity index (χ3n) is 3.51. The molecular weight excluding hydrogens is 220 g/mol. The summed E-state index contributed by atoms with van der Waals surface area (Å²) in [6, 6.07) is 2.04. The Morgan fingerprint density at radius 1 is 1.38 bits per heavy atom. The van der Waals surface area contributed by atoms with E-state index in [2.05, 4.69) is 11.9 Å². The second kappa shape index (κ2) is 5.05. The fourth-order valence-corrected chi connectivity index (χ4v) is 3.05. The molecule has 0 radical (unpaired) electrons. The van der Waals surface area contributed by atoms with E-state index in [1.54, 1.807) is 6.20 Å². The van der Waals surface area contributed by atoms with E-state index in [1.807, 2.05) is 6.07 Å². The molecule has 1 aromatic heterocycles. The number of nitrogen functional groups attached to an aromatic ring is 1. The molecule has 2 N–H and O–H groups in total. The second-order valence-electron chi connectivity index (χ2n) is 4.74. The summed E-state index contributed by atoms with van der Waals surface area (Å²) in [6.45, 7) is 2.11. The molecule has 0 amide bonds. The van der Waals surface area contributed by atoms with E-state index in [-0.39, 0.29) is 0 Å². The summed E-state index contributed by atoms with van der Waals surface area (Å²) in [7, 11) is 0. The minimum atomic E-state index is 0.298. The summed E-state index contributed by atoms with van der Waals surface area (Å²) < 4.78 is 0. The highest BCUT2D eigenvalue weighted by molar-refractivity contribution is 6.20. The largest absolute Gasteiger partial charge is 0.383 e. The first kappa shape index (κ1) is 11.7. The SMILES string of the molecule is Cc1ccnc(N)c1C1CCCCC(Cl)C1. The van der Waals surface area contributed by atoms with E-state index >= 15 is 0 Å². The summed E-state index contributed by atoms with van der Waals surface area (Å²) in [6.07, 6.45) is 7.64. The zero-order valence-corrected chi connectivity index (χ0v) is 10.5. The Labute approximate surface area is 102 Å². The van der Waals surface area contributed by atoms with Gasteiger partial charge >= 0.3 is 0 Å². The second-order valence-corrected chi connectivity index (χ2v) is 5.36. The Morgan fingerprint density at radius 2 is 2.12 bits per heavy atom. The molecule has 0 spiro atoms. The van der Waals surface area contributed by atoms with Gasteiger partial charge in [-0.15, -0.1) is 11.6 Å². The Morgan fingerprint density at radius 3 is 2.88 bits per heavy atom. The normalized spacial score (nSPS) is 26.4. The number of pyridine rings is 1. The molecule has 2 unspecified atom stereocenters. The Bertz CT molecular complexity index is 345. The van der Waals surface area contributed by atoms with Crippen molar-refractivity contribution in [3.8, 4) is 0 Å². The lowest BCUT2D eigenvalue weighted by Gasteiger charge is -2.19. The highest BCUT2D eigenvalue weighted by Crippen LogP contribution is 2.37. The molecule has 2 atom stereocenters. The first-order chi connectivity index (χ1) is 7.68. The molecule has 1 heterocycles. The van der Waals surface area contributed by atoms with Crippen LogP contribution in [0.1, 0.15) is 49.1 Å². The van der Waals surface area contributed by atoms with Crippen molar-refractivity contribution in [2.45, 2.75) is 50.3 Å². The van der Waals surface area contributed by atoms with Gasteiger partial charge in [-0.3, -0.25) is 0 Å². The summed E-state index contributed by atoms with van der Waals surface area (Å²) in [5.74, 6) is 1.19. The van der Waals surface area contributed by atoms with Gasteiger partial charge in [0.25, 0.3) is 0 Å². The van der Waals surface area contributed by atoms with Crippen LogP contribution in [0.15, 0.2) is 12.3 Å². The van der Waals surface area contributed by atoms with E-state index in [9.17, 15) is 0 Å². The predicted octanol–water partition coefficient (Wildman–Crippen LogP) is 3.63. The van der Waals surface area contributed by atoms with Crippen molar-refractivity contribution in [1.29, 1.82) is 0 Å². The number of anilines is 1. The molecule has 0 saturated heterocycles. The molecule has 1 aliphatic rings. The maximum atomic E-state index is 6.31. The minimum absolute atomic E-state index is 0.298. The maximum Gasteiger partial charge on any atom is 0.127 e. The average Bonchev–Trinajstić information content (AvgIpc) is 2.43. The number of nitrogens with two attached hydrogens (primary N) is 1. The zero-order chi connectivity index (χ0) is 11.5. The molecule has 1 fully saturated rings. The Hall–Kier alpha value is -0.760. The van der Waals surface area contributed by atoms with Crippen molar-refractivity contribution in [3.05, 3.63) is 23.4 Å². The van der Waals surface area contributed by atoms with Crippen molar-refractivity contribution in [2.75, 3.05) is 5.73 Å². The monoisotopic (exact) mass is 238 g/mol. The van der Waals surface area contributed by atoms with E-state index in [0.29, 0.717) is 17.1 Å². The van der Waals surface area contributed by atoms with Crippen LogP contribution in [0.3, 0.4) is 0 Å². The lowest BCUT2D eigenvalue weighted by molar-refractivity contribution is 0.592. The molecule has 2 nitrogen and oxygen atoms in total. The Balaban J connectivity index is 2.28. The van der Waals surface area contributed by atoms with Crippen LogP contribution in [0, 0.1) is 6.92 Å². The van der Waals surface area contributed by atoms with Crippen LogP contribution in [-0.4, -0.2) is 10.4 Å². The van der Waals surface area contributed by atoms with Crippen molar-refractivity contribution in [2.24, 2.45) is 0 Å². The lowest BCUT2D eigenvalue weighted by atomic mass is 9.89. The maximum absolute atomic E-state index is 6.31. The first-order valence-corrected chi connectivity index (χ1v) is 6.47. The van der Waals surface area contributed by atoms with Crippen molar-refractivity contribution < 1.29 is 0 Å². The molecular formula is C13H19ClN2. The fraction of sp³-hybridized carbons (Fsp3) is 0.615. The van der Waals surface area contributed by atoms with Gasteiger partial charge in [0.05, 0.1) is 0 Å². The summed E-state index contributed by atoms with van der Waals surface area (Å²) in [5.41, 5.74) is 8.48. The van der Waals surface area contributed by atoms with Gasteiger partial charge in [0.1, 0.15) is 5.82 Å². The predicted molar refractivity (Wildman–Crippen MR) is 68.9 cm³/mol. The lowest BCUT2D eigenvalue weighted by Crippen LogP contribution is -2.09. The van der Waals surface area contributed by atoms with Crippen molar-refractivity contribution in [1.82, 2.24) is 4.98 Å². The summed E-state index contributed by atoms with van der Waals surface area (Å²) >= 11 is 6.31. The zero-order valence-electron chi connectivity index (χ0n) is 9.75. The Kier molecular flexibility index (Phi) is 3.70. The van der Waals surface area contributed by atoms with Gasteiger partial charge in [0.2, 0.25) is 0 Å². The van der Waals surface area contributed by atoms with Gasteiger partial charge in [0, 0.05) is 17.1 Å². The van der Waals surface area contributed by atoms with Gasteiger partial charge in [0.15, 0.2) is 0 Å². The smallest absolute Gasteiger partial charge is 0.127 e. The van der Waals surface area contributed by atoms with Crippen LogP contribution in [0.25, 0.3) is 0 Å². The average molecular weight is 239 g/mol. The molecule has 1 saturated carbocycles. The van der Waals surface area contributed by atoms with Crippen LogP contribution < -0.4 is 5.73 Å². The third-order valence-corrected chi connectivity index (χ3v) is 3.90. The van der Waals surface area contributed by atoms with Crippen molar-refractivity contribution in [3.63, 3.8) is 0 Å². The number of nitrogens with zero attached hydrogens (tertiary/aromatic N) is 1. The standard InChI is InChI=1S/C13H19ClN2/c1-9-6-7-16-13(15)12(9)10-4-2-3-5-11(14)8-10/h6-7,10-11H,2-5,8H2,1H3,(H2,15,16). The van der Waals surface area contributed by atoms with E-state index in [1.165, 1.54) is 30.4 Å². The number of halogens is 1. The summed E-state index contributed by atoms with van der Waals surface area (Å²) in [4.78, 5) is 4.21. The van der Waals surface area contributed by atoms with Crippen LogP contribution in [0.5, 0.6) is 0 Å². The molecule has 16 heavy (non-hydrogen) atoms. The van der Waals surface area contributed by atoms with Gasteiger partial charge in [-0.2, -0.15) is 0 Å². The van der Waals surface area contributed by atoms with Gasteiger partial charge in [-0.25, -0.2) is 4.98 Å². The number of aromatic nitrogens is 1. The minimum Gasteiger partial charge on any atom is -0.383 e. The number of hydrogen-bond donors (Lipinski definition) is 1. The molecule has 1 aromatic rings. The molecule has 0 aliphatic heterocycles. The number of rotatable bonds is 1. The highest BCUT2D eigenvalue weighted by Gasteiger charge is 2.23. The van der Waals surface area contributed by atoms with Gasteiger partial charge < -0.3 is 5.73 Å². The number of aryl methyl sites for hydroxylation is 1.